The number of thioether (sulfide) groups is 2. The molecule has 1 aromatic heterocycles. The van der Waals surface area contributed by atoms with E-state index in [1.54, 1.807) is 37.0 Å². The van der Waals surface area contributed by atoms with Crippen molar-refractivity contribution in [2.24, 2.45) is 0 Å². The highest BCUT2D eigenvalue weighted by atomic mass is 32.2. The molecule has 1 heterocycles. The molecule has 1 aromatic rings. The average molecular weight is 386 g/mol. The van der Waals surface area contributed by atoms with Crippen molar-refractivity contribution in [2.75, 3.05) is 31.4 Å². The van der Waals surface area contributed by atoms with Gasteiger partial charge in [0, 0.05) is 6.20 Å². The summed E-state index contributed by atoms with van der Waals surface area (Å²) in [6.07, 6.45) is 5.81. The van der Waals surface area contributed by atoms with Crippen LogP contribution in [0, 0.1) is 0 Å². The number of amides is 2. The van der Waals surface area contributed by atoms with Gasteiger partial charge >= 0.3 is 5.97 Å². The highest BCUT2D eigenvalue weighted by molar-refractivity contribution is 7.98. The van der Waals surface area contributed by atoms with Gasteiger partial charge in [-0.1, -0.05) is 0 Å². The Kier molecular flexibility index (Phi) is 10.0. The number of hydrogen-bond donors (Lipinski definition) is 2. The molecule has 1 rings (SSSR count). The van der Waals surface area contributed by atoms with Gasteiger partial charge in [-0.25, -0.2) is 4.98 Å². The molecule has 2 amide bonds. The van der Waals surface area contributed by atoms with Crippen LogP contribution in [0.2, 0.25) is 0 Å². The second-order valence-electron chi connectivity index (χ2n) is 4.89. The zero-order chi connectivity index (χ0) is 18.7. The van der Waals surface area contributed by atoms with Gasteiger partial charge in [-0.2, -0.15) is 11.8 Å². The van der Waals surface area contributed by atoms with E-state index in [1.807, 2.05) is 12.5 Å². The Morgan fingerprint density at radius 3 is 2.72 bits per heavy atom. The van der Waals surface area contributed by atoms with Crippen molar-refractivity contribution in [2.45, 2.75) is 24.4 Å². The standard InChI is InChI=1S/C16H23N3O4S2/c1-4-23-13(20)10-18-15(22)12(7-9-24-2)19-14(21)11-6-5-8-17-16(11)25-3/h5-6,8,12H,4,7,9-10H2,1-3H3,(H,18,22)(H,19,21). The Hall–Kier alpha value is -1.74. The van der Waals surface area contributed by atoms with E-state index in [9.17, 15) is 14.4 Å². The molecule has 1 atom stereocenters. The van der Waals surface area contributed by atoms with Crippen LogP contribution in [-0.2, 0) is 14.3 Å². The van der Waals surface area contributed by atoms with Crippen molar-refractivity contribution in [3.05, 3.63) is 23.9 Å². The molecular formula is C16H23N3O4S2. The number of carbonyl (C=O) groups is 3. The lowest BCUT2D eigenvalue weighted by Gasteiger charge is -2.18. The second kappa shape index (κ2) is 11.8. The van der Waals surface area contributed by atoms with Crippen LogP contribution in [0.4, 0.5) is 0 Å². The molecule has 2 N–H and O–H groups in total. The molecular weight excluding hydrogens is 362 g/mol. The van der Waals surface area contributed by atoms with Gasteiger partial charge in [-0.3, -0.25) is 14.4 Å². The zero-order valence-corrected chi connectivity index (χ0v) is 16.2. The van der Waals surface area contributed by atoms with E-state index in [2.05, 4.69) is 15.6 Å². The molecule has 0 fully saturated rings. The van der Waals surface area contributed by atoms with Crippen LogP contribution >= 0.6 is 23.5 Å². The predicted molar refractivity (Wildman–Crippen MR) is 99.9 cm³/mol. The summed E-state index contributed by atoms with van der Waals surface area (Å²) in [5.41, 5.74) is 0.419. The van der Waals surface area contributed by atoms with Crippen molar-refractivity contribution < 1.29 is 19.1 Å². The van der Waals surface area contributed by atoms with Crippen LogP contribution in [0.25, 0.3) is 0 Å². The molecule has 0 spiro atoms. The molecule has 0 radical (unpaired) electrons. The van der Waals surface area contributed by atoms with Crippen molar-refractivity contribution in [3.63, 3.8) is 0 Å². The van der Waals surface area contributed by atoms with Gasteiger partial charge in [0.2, 0.25) is 5.91 Å². The number of aromatic nitrogens is 1. The topological polar surface area (TPSA) is 97.4 Å². The number of hydrogen-bond acceptors (Lipinski definition) is 7. The molecule has 138 valence electrons. The Morgan fingerprint density at radius 2 is 2.08 bits per heavy atom. The minimum atomic E-state index is -0.732. The van der Waals surface area contributed by atoms with Crippen LogP contribution in [0.3, 0.4) is 0 Å². The van der Waals surface area contributed by atoms with Crippen molar-refractivity contribution in [1.29, 1.82) is 0 Å². The van der Waals surface area contributed by atoms with E-state index in [1.165, 1.54) is 11.8 Å². The number of ether oxygens (including phenoxy) is 1. The van der Waals surface area contributed by atoms with Crippen molar-refractivity contribution in [3.8, 4) is 0 Å². The fraction of sp³-hybridized carbons (Fsp3) is 0.500. The fourth-order valence-electron chi connectivity index (χ4n) is 1.96. The Balaban J connectivity index is 2.75. The average Bonchev–Trinajstić information content (AvgIpc) is 2.63. The van der Waals surface area contributed by atoms with Crippen molar-refractivity contribution >= 4 is 41.3 Å². The molecule has 0 aliphatic rings. The number of rotatable bonds is 10. The summed E-state index contributed by atoms with van der Waals surface area (Å²) in [4.78, 5) is 40.3. The third-order valence-corrected chi connectivity index (χ3v) is 4.51. The summed E-state index contributed by atoms with van der Waals surface area (Å²) in [7, 11) is 0. The van der Waals surface area contributed by atoms with E-state index in [0.717, 1.165) is 0 Å². The molecule has 25 heavy (non-hydrogen) atoms. The molecule has 0 bridgehead atoms. The monoisotopic (exact) mass is 385 g/mol. The molecule has 7 nitrogen and oxygen atoms in total. The highest BCUT2D eigenvalue weighted by Crippen LogP contribution is 2.17. The molecule has 9 heteroatoms. The lowest BCUT2D eigenvalue weighted by Crippen LogP contribution is -2.48. The second-order valence-corrected chi connectivity index (χ2v) is 6.67. The SMILES string of the molecule is CCOC(=O)CNC(=O)C(CCSC)NC(=O)c1cccnc1SC. The maximum atomic E-state index is 12.5. The zero-order valence-electron chi connectivity index (χ0n) is 14.5. The van der Waals surface area contributed by atoms with Gasteiger partial charge in [0.25, 0.3) is 5.91 Å². The molecule has 0 saturated heterocycles. The molecule has 0 saturated carbocycles. The van der Waals surface area contributed by atoms with Gasteiger partial charge in [-0.15, -0.1) is 11.8 Å². The van der Waals surface area contributed by atoms with Gasteiger partial charge in [-0.05, 0) is 43.7 Å². The molecule has 0 aromatic carbocycles. The Morgan fingerprint density at radius 1 is 1.32 bits per heavy atom. The van der Waals surface area contributed by atoms with Crippen LogP contribution in [-0.4, -0.2) is 60.2 Å². The maximum absolute atomic E-state index is 12.5. The minimum absolute atomic E-state index is 0.221. The van der Waals surface area contributed by atoms with Crippen LogP contribution in [0.15, 0.2) is 23.4 Å². The summed E-state index contributed by atoms with van der Waals surface area (Å²) < 4.78 is 4.78. The number of carbonyl (C=O) groups excluding carboxylic acids is 3. The normalized spacial score (nSPS) is 11.5. The molecule has 1 unspecified atom stereocenters. The Bertz CT molecular complexity index is 598. The summed E-state index contributed by atoms with van der Waals surface area (Å²) in [6, 6.07) is 2.60. The maximum Gasteiger partial charge on any atom is 0.325 e. The first-order valence-corrected chi connectivity index (χ1v) is 10.4. The van der Waals surface area contributed by atoms with Gasteiger partial charge in [0.15, 0.2) is 0 Å². The van der Waals surface area contributed by atoms with Crippen LogP contribution < -0.4 is 10.6 Å². The summed E-state index contributed by atoms with van der Waals surface area (Å²) in [5.74, 6) is -0.595. The van der Waals surface area contributed by atoms with Crippen LogP contribution in [0.1, 0.15) is 23.7 Å². The first-order chi connectivity index (χ1) is 12.0. The van der Waals surface area contributed by atoms with E-state index >= 15 is 0 Å². The number of pyridine rings is 1. The quantitative estimate of drug-likeness (QED) is 0.463. The minimum Gasteiger partial charge on any atom is -0.465 e. The first-order valence-electron chi connectivity index (χ1n) is 7.75. The van der Waals surface area contributed by atoms with Gasteiger partial charge < -0.3 is 15.4 Å². The van der Waals surface area contributed by atoms with Crippen LogP contribution in [0.5, 0.6) is 0 Å². The van der Waals surface area contributed by atoms with E-state index in [4.69, 9.17) is 4.74 Å². The number of nitrogens with zero attached hydrogens (tertiary/aromatic N) is 1. The smallest absolute Gasteiger partial charge is 0.325 e. The largest absolute Gasteiger partial charge is 0.465 e. The lowest BCUT2D eigenvalue weighted by atomic mass is 10.2. The van der Waals surface area contributed by atoms with E-state index in [-0.39, 0.29) is 19.1 Å². The van der Waals surface area contributed by atoms with E-state index in [0.29, 0.717) is 22.8 Å². The summed E-state index contributed by atoms with van der Waals surface area (Å²) in [5, 5.41) is 5.83. The summed E-state index contributed by atoms with van der Waals surface area (Å²) >= 11 is 2.93. The summed E-state index contributed by atoms with van der Waals surface area (Å²) in [6.45, 7) is 1.72. The fourth-order valence-corrected chi connectivity index (χ4v) is 2.98. The third kappa shape index (κ3) is 7.35. The van der Waals surface area contributed by atoms with Gasteiger partial charge in [0.1, 0.15) is 17.6 Å². The lowest BCUT2D eigenvalue weighted by molar-refractivity contribution is -0.143. The van der Waals surface area contributed by atoms with E-state index < -0.39 is 17.9 Å². The number of esters is 1. The molecule has 0 aliphatic heterocycles. The molecule has 0 aliphatic carbocycles. The Labute approximate surface area is 156 Å². The number of nitrogens with one attached hydrogen (secondary N) is 2. The predicted octanol–water partition coefficient (Wildman–Crippen LogP) is 1.33. The highest BCUT2D eigenvalue weighted by Gasteiger charge is 2.23. The third-order valence-electron chi connectivity index (χ3n) is 3.15. The van der Waals surface area contributed by atoms with Gasteiger partial charge in [0.05, 0.1) is 12.2 Å². The first kappa shape index (κ1) is 21.3. The van der Waals surface area contributed by atoms with Crippen molar-refractivity contribution in [1.82, 2.24) is 15.6 Å².